The van der Waals surface area contributed by atoms with Crippen molar-refractivity contribution in [1.29, 1.82) is 0 Å². The van der Waals surface area contributed by atoms with Gasteiger partial charge in [-0.1, -0.05) is 17.7 Å². The molecule has 0 radical (unpaired) electrons. The highest BCUT2D eigenvalue weighted by atomic mass is 16.1. The van der Waals surface area contributed by atoms with Crippen molar-refractivity contribution < 1.29 is 4.79 Å². The maximum atomic E-state index is 12.5. The monoisotopic (exact) mass is 361 g/mol. The predicted molar refractivity (Wildman–Crippen MR) is 110 cm³/mol. The van der Waals surface area contributed by atoms with Gasteiger partial charge >= 0.3 is 0 Å². The summed E-state index contributed by atoms with van der Waals surface area (Å²) in [5.41, 5.74) is 4.19. The van der Waals surface area contributed by atoms with Crippen molar-refractivity contribution in [2.24, 2.45) is 0 Å². The maximum absolute atomic E-state index is 12.5. The average molecular weight is 361 g/mol. The van der Waals surface area contributed by atoms with E-state index in [-0.39, 0.29) is 5.91 Å². The zero-order valence-electron chi connectivity index (χ0n) is 15.9. The first-order valence-corrected chi connectivity index (χ1v) is 8.69. The van der Waals surface area contributed by atoms with Crippen LogP contribution in [0.3, 0.4) is 0 Å². The summed E-state index contributed by atoms with van der Waals surface area (Å²) in [6.07, 6.45) is 0. The summed E-state index contributed by atoms with van der Waals surface area (Å²) in [4.78, 5) is 23.2. The van der Waals surface area contributed by atoms with E-state index in [1.165, 1.54) is 0 Å². The Morgan fingerprint density at radius 3 is 2.15 bits per heavy atom. The van der Waals surface area contributed by atoms with Crippen molar-refractivity contribution in [3.05, 3.63) is 71.7 Å². The zero-order chi connectivity index (χ0) is 19.4. The SMILES string of the molecule is Cc1ccc(NC(=O)c2cc(Nc3ccc(N(C)C)cc3)nc(C)n2)cc1. The van der Waals surface area contributed by atoms with E-state index in [2.05, 4.69) is 20.6 Å². The lowest BCUT2D eigenvalue weighted by Gasteiger charge is -2.13. The summed E-state index contributed by atoms with van der Waals surface area (Å²) in [5.74, 6) is 0.837. The molecule has 6 heteroatoms. The summed E-state index contributed by atoms with van der Waals surface area (Å²) in [6.45, 7) is 3.77. The van der Waals surface area contributed by atoms with Crippen molar-refractivity contribution in [3.63, 3.8) is 0 Å². The molecule has 0 bridgehead atoms. The van der Waals surface area contributed by atoms with Gasteiger partial charge in [-0.3, -0.25) is 4.79 Å². The van der Waals surface area contributed by atoms with E-state index in [1.807, 2.05) is 74.4 Å². The van der Waals surface area contributed by atoms with Crippen molar-refractivity contribution in [1.82, 2.24) is 9.97 Å². The molecule has 6 nitrogen and oxygen atoms in total. The van der Waals surface area contributed by atoms with Gasteiger partial charge in [0.05, 0.1) is 0 Å². The number of nitrogens with one attached hydrogen (secondary N) is 2. The number of carbonyl (C=O) groups is 1. The van der Waals surface area contributed by atoms with Crippen LogP contribution in [0.25, 0.3) is 0 Å². The van der Waals surface area contributed by atoms with Gasteiger partial charge in [0, 0.05) is 37.2 Å². The molecule has 1 amide bonds. The highest BCUT2D eigenvalue weighted by Gasteiger charge is 2.11. The highest BCUT2D eigenvalue weighted by molar-refractivity contribution is 6.03. The summed E-state index contributed by atoms with van der Waals surface area (Å²) in [5, 5.41) is 6.09. The fourth-order valence-corrected chi connectivity index (χ4v) is 2.57. The largest absolute Gasteiger partial charge is 0.378 e. The lowest BCUT2D eigenvalue weighted by molar-refractivity contribution is 0.102. The summed E-state index contributed by atoms with van der Waals surface area (Å²) >= 11 is 0. The van der Waals surface area contributed by atoms with Crippen LogP contribution < -0.4 is 15.5 Å². The number of aryl methyl sites for hydroxylation is 2. The van der Waals surface area contributed by atoms with Gasteiger partial charge in [0.25, 0.3) is 5.91 Å². The van der Waals surface area contributed by atoms with Gasteiger partial charge in [-0.05, 0) is 50.2 Å². The van der Waals surface area contributed by atoms with Crippen LogP contribution in [-0.4, -0.2) is 30.0 Å². The molecule has 0 saturated carbocycles. The second-order valence-corrected chi connectivity index (χ2v) is 6.57. The van der Waals surface area contributed by atoms with Gasteiger partial charge in [0.2, 0.25) is 0 Å². The minimum absolute atomic E-state index is 0.268. The topological polar surface area (TPSA) is 70.2 Å². The first kappa shape index (κ1) is 18.4. The smallest absolute Gasteiger partial charge is 0.274 e. The van der Waals surface area contributed by atoms with Crippen LogP contribution in [0.5, 0.6) is 0 Å². The van der Waals surface area contributed by atoms with E-state index < -0.39 is 0 Å². The number of amides is 1. The van der Waals surface area contributed by atoms with Gasteiger partial charge in [-0.25, -0.2) is 9.97 Å². The molecule has 138 valence electrons. The van der Waals surface area contributed by atoms with E-state index in [0.29, 0.717) is 17.3 Å². The Morgan fingerprint density at radius 2 is 1.52 bits per heavy atom. The van der Waals surface area contributed by atoms with E-state index in [4.69, 9.17) is 0 Å². The molecule has 0 fully saturated rings. The predicted octanol–water partition coefficient (Wildman–Crippen LogP) is 4.16. The number of nitrogens with zero attached hydrogens (tertiary/aromatic N) is 3. The van der Waals surface area contributed by atoms with E-state index in [9.17, 15) is 4.79 Å². The normalized spacial score (nSPS) is 10.4. The van der Waals surface area contributed by atoms with Gasteiger partial charge in [0.1, 0.15) is 17.3 Å². The first-order chi connectivity index (χ1) is 12.9. The van der Waals surface area contributed by atoms with Crippen LogP contribution in [0.2, 0.25) is 0 Å². The van der Waals surface area contributed by atoms with Crippen LogP contribution >= 0.6 is 0 Å². The van der Waals surface area contributed by atoms with Crippen molar-refractivity contribution in [2.75, 3.05) is 29.6 Å². The summed E-state index contributed by atoms with van der Waals surface area (Å²) in [7, 11) is 3.99. The van der Waals surface area contributed by atoms with Gasteiger partial charge in [-0.2, -0.15) is 0 Å². The van der Waals surface area contributed by atoms with E-state index in [0.717, 1.165) is 22.6 Å². The Morgan fingerprint density at radius 1 is 0.889 bits per heavy atom. The molecule has 1 aromatic heterocycles. The summed E-state index contributed by atoms with van der Waals surface area (Å²) in [6, 6.07) is 17.3. The van der Waals surface area contributed by atoms with Crippen LogP contribution in [-0.2, 0) is 0 Å². The molecular formula is C21H23N5O. The Balaban J connectivity index is 1.77. The fraction of sp³-hybridized carbons (Fsp3) is 0.190. The van der Waals surface area contributed by atoms with E-state index in [1.54, 1.807) is 13.0 Å². The lowest BCUT2D eigenvalue weighted by atomic mass is 10.2. The molecule has 2 N–H and O–H groups in total. The minimum Gasteiger partial charge on any atom is -0.378 e. The molecule has 0 aliphatic heterocycles. The lowest BCUT2D eigenvalue weighted by Crippen LogP contribution is -2.15. The third-order valence-electron chi connectivity index (χ3n) is 4.04. The molecule has 0 spiro atoms. The second kappa shape index (κ2) is 7.86. The number of aromatic nitrogens is 2. The standard InChI is InChI=1S/C21H23N5O/c1-14-5-7-17(8-6-14)25-21(27)19-13-20(23-15(2)22-19)24-16-9-11-18(12-10-16)26(3)4/h5-13H,1-4H3,(H,25,27)(H,22,23,24). The molecule has 27 heavy (non-hydrogen) atoms. The molecule has 2 aromatic carbocycles. The summed E-state index contributed by atoms with van der Waals surface area (Å²) < 4.78 is 0. The number of hydrogen-bond acceptors (Lipinski definition) is 5. The Kier molecular flexibility index (Phi) is 5.35. The number of anilines is 4. The van der Waals surface area contributed by atoms with Crippen LogP contribution in [0.4, 0.5) is 22.9 Å². The van der Waals surface area contributed by atoms with Crippen LogP contribution in [0.1, 0.15) is 21.9 Å². The maximum Gasteiger partial charge on any atom is 0.274 e. The average Bonchev–Trinajstić information content (AvgIpc) is 2.63. The molecule has 0 aliphatic rings. The number of rotatable bonds is 5. The number of hydrogen-bond donors (Lipinski definition) is 2. The molecule has 0 aliphatic carbocycles. The third kappa shape index (κ3) is 4.82. The van der Waals surface area contributed by atoms with Crippen LogP contribution in [0.15, 0.2) is 54.6 Å². The molecular weight excluding hydrogens is 338 g/mol. The van der Waals surface area contributed by atoms with Gasteiger partial charge in [-0.15, -0.1) is 0 Å². The molecule has 0 unspecified atom stereocenters. The minimum atomic E-state index is -0.268. The first-order valence-electron chi connectivity index (χ1n) is 8.69. The molecule has 3 aromatic rings. The van der Waals surface area contributed by atoms with Crippen LogP contribution in [0, 0.1) is 13.8 Å². The quantitative estimate of drug-likeness (QED) is 0.714. The van der Waals surface area contributed by atoms with Gasteiger partial charge in [0.15, 0.2) is 0 Å². The molecule has 0 atom stereocenters. The van der Waals surface area contributed by atoms with Crippen molar-refractivity contribution >= 4 is 28.8 Å². The zero-order valence-corrected chi connectivity index (χ0v) is 15.9. The van der Waals surface area contributed by atoms with E-state index >= 15 is 0 Å². The Labute approximate surface area is 159 Å². The molecule has 0 saturated heterocycles. The third-order valence-corrected chi connectivity index (χ3v) is 4.04. The van der Waals surface area contributed by atoms with Crippen molar-refractivity contribution in [3.8, 4) is 0 Å². The second-order valence-electron chi connectivity index (χ2n) is 6.57. The van der Waals surface area contributed by atoms with Gasteiger partial charge < -0.3 is 15.5 Å². The Bertz CT molecular complexity index is 934. The fourth-order valence-electron chi connectivity index (χ4n) is 2.57. The highest BCUT2D eigenvalue weighted by Crippen LogP contribution is 2.20. The molecule has 1 heterocycles. The number of carbonyl (C=O) groups excluding carboxylic acids is 1. The Hall–Kier alpha value is -3.41. The number of benzene rings is 2. The molecule has 3 rings (SSSR count). The van der Waals surface area contributed by atoms with Crippen molar-refractivity contribution in [2.45, 2.75) is 13.8 Å².